The number of carbonyl (C=O) groups is 1. The molecule has 1 heterocycles. The summed E-state index contributed by atoms with van der Waals surface area (Å²) in [6.45, 7) is 2.31. The first kappa shape index (κ1) is 15.1. The van der Waals surface area contributed by atoms with Crippen LogP contribution in [0.1, 0.15) is 30.3 Å². The number of fused-ring (bicyclic) bond motifs is 1. The summed E-state index contributed by atoms with van der Waals surface area (Å²) in [7, 11) is 0. The van der Waals surface area contributed by atoms with Crippen LogP contribution in [0.2, 0.25) is 5.02 Å². The van der Waals surface area contributed by atoms with Gasteiger partial charge in [-0.15, -0.1) is 0 Å². The van der Waals surface area contributed by atoms with Gasteiger partial charge in [-0.05, 0) is 34.5 Å². The highest BCUT2D eigenvalue weighted by Crippen LogP contribution is 2.34. The SMILES string of the molecule is CCCCOC(=O)c1nc(Br)c2ccc(Cl)cc2c1O. The van der Waals surface area contributed by atoms with Crippen molar-refractivity contribution in [2.24, 2.45) is 0 Å². The molecule has 0 atom stereocenters. The number of hydrogen-bond acceptors (Lipinski definition) is 4. The lowest BCUT2D eigenvalue weighted by Gasteiger charge is -2.09. The Bertz CT molecular complexity index is 660. The van der Waals surface area contributed by atoms with Crippen LogP contribution >= 0.6 is 27.5 Å². The molecular weight excluding hydrogens is 346 g/mol. The average Bonchev–Trinajstić information content (AvgIpc) is 2.42. The minimum absolute atomic E-state index is 0.109. The summed E-state index contributed by atoms with van der Waals surface area (Å²) >= 11 is 9.20. The molecule has 2 aromatic rings. The zero-order valence-electron chi connectivity index (χ0n) is 10.8. The molecule has 0 unspecified atom stereocenters. The number of benzene rings is 1. The third kappa shape index (κ3) is 3.04. The largest absolute Gasteiger partial charge is 0.505 e. The van der Waals surface area contributed by atoms with E-state index in [1.54, 1.807) is 18.2 Å². The fraction of sp³-hybridized carbons (Fsp3) is 0.286. The molecule has 0 radical (unpaired) electrons. The lowest BCUT2D eigenvalue weighted by Crippen LogP contribution is -2.09. The van der Waals surface area contributed by atoms with E-state index >= 15 is 0 Å². The van der Waals surface area contributed by atoms with Crippen molar-refractivity contribution in [3.63, 3.8) is 0 Å². The number of nitrogens with zero attached hydrogens (tertiary/aromatic N) is 1. The molecule has 0 aliphatic heterocycles. The van der Waals surface area contributed by atoms with Gasteiger partial charge in [0.25, 0.3) is 0 Å². The second kappa shape index (κ2) is 6.41. The number of rotatable bonds is 4. The molecule has 0 bridgehead atoms. The van der Waals surface area contributed by atoms with Crippen LogP contribution in [0.25, 0.3) is 10.8 Å². The number of halogens is 2. The quantitative estimate of drug-likeness (QED) is 0.502. The minimum Gasteiger partial charge on any atom is -0.505 e. The van der Waals surface area contributed by atoms with Crippen molar-refractivity contribution >= 4 is 44.3 Å². The van der Waals surface area contributed by atoms with E-state index < -0.39 is 5.97 Å². The topological polar surface area (TPSA) is 59.4 Å². The Morgan fingerprint density at radius 1 is 1.45 bits per heavy atom. The molecule has 1 aromatic heterocycles. The average molecular weight is 359 g/mol. The normalized spacial score (nSPS) is 10.8. The van der Waals surface area contributed by atoms with Crippen molar-refractivity contribution in [2.75, 3.05) is 6.61 Å². The van der Waals surface area contributed by atoms with Gasteiger partial charge >= 0.3 is 5.97 Å². The van der Waals surface area contributed by atoms with E-state index in [2.05, 4.69) is 20.9 Å². The first-order valence-corrected chi connectivity index (χ1v) is 7.36. The van der Waals surface area contributed by atoms with Gasteiger partial charge in [-0.25, -0.2) is 9.78 Å². The molecule has 20 heavy (non-hydrogen) atoms. The standard InChI is InChI=1S/C14H13BrClNO3/c1-2-3-6-20-14(19)11-12(18)10-7-8(16)4-5-9(10)13(15)17-11/h4-5,7,18H,2-3,6H2,1H3. The fourth-order valence-corrected chi connectivity index (χ4v) is 2.45. The summed E-state index contributed by atoms with van der Waals surface area (Å²) in [5, 5.41) is 11.8. The highest BCUT2D eigenvalue weighted by atomic mass is 79.9. The van der Waals surface area contributed by atoms with Crippen LogP contribution < -0.4 is 0 Å². The summed E-state index contributed by atoms with van der Waals surface area (Å²) in [6, 6.07) is 5.00. The highest BCUT2D eigenvalue weighted by molar-refractivity contribution is 9.10. The van der Waals surface area contributed by atoms with Gasteiger partial charge in [-0.2, -0.15) is 0 Å². The summed E-state index contributed by atoms with van der Waals surface area (Å²) < 4.78 is 5.53. The Balaban J connectivity index is 2.44. The predicted octanol–water partition coefficient (Wildman–Crippen LogP) is 4.31. The van der Waals surface area contributed by atoms with Crippen molar-refractivity contribution in [1.82, 2.24) is 4.98 Å². The molecule has 6 heteroatoms. The van der Waals surface area contributed by atoms with Gasteiger partial charge in [0.1, 0.15) is 4.60 Å². The molecule has 106 valence electrons. The van der Waals surface area contributed by atoms with Gasteiger partial charge in [0.05, 0.1) is 6.61 Å². The molecule has 2 rings (SSSR count). The number of esters is 1. The van der Waals surface area contributed by atoms with E-state index in [4.69, 9.17) is 16.3 Å². The summed E-state index contributed by atoms with van der Waals surface area (Å²) in [5.74, 6) is -0.856. The van der Waals surface area contributed by atoms with E-state index in [0.717, 1.165) is 12.8 Å². The first-order chi connectivity index (χ1) is 9.54. The van der Waals surface area contributed by atoms with Crippen LogP contribution in [0.15, 0.2) is 22.8 Å². The summed E-state index contributed by atoms with van der Waals surface area (Å²) in [5.41, 5.74) is -0.109. The van der Waals surface area contributed by atoms with E-state index in [-0.39, 0.29) is 11.4 Å². The first-order valence-electron chi connectivity index (χ1n) is 6.19. The van der Waals surface area contributed by atoms with Crippen molar-refractivity contribution in [3.05, 3.63) is 33.5 Å². The Morgan fingerprint density at radius 2 is 2.20 bits per heavy atom. The maximum Gasteiger partial charge on any atom is 0.360 e. The van der Waals surface area contributed by atoms with E-state index in [1.807, 2.05) is 6.92 Å². The van der Waals surface area contributed by atoms with Crippen molar-refractivity contribution < 1.29 is 14.6 Å². The predicted molar refractivity (Wildman–Crippen MR) is 81.3 cm³/mol. The van der Waals surface area contributed by atoms with Crippen molar-refractivity contribution in [1.29, 1.82) is 0 Å². The monoisotopic (exact) mass is 357 g/mol. The van der Waals surface area contributed by atoms with Crippen LogP contribution in [0.4, 0.5) is 0 Å². The van der Waals surface area contributed by atoms with Gasteiger partial charge in [-0.1, -0.05) is 31.0 Å². The van der Waals surface area contributed by atoms with E-state index in [1.165, 1.54) is 0 Å². The van der Waals surface area contributed by atoms with Crippen LogP contribution in [0.5, 0.6) is 5.75 Å². The Morgan fingerprint density at radius 3 is 2.90 bits per heavy atom. The second-order valence-corrected chi connectivity index (χ2v) is 5.47. The van der Waals surface area contributed by atoms with Gasteiger partial charge in [0.15, 0.2) is 11.4 Å². The molecule has 4 nitrogen and oxygen atoms in total. The molecule has 1 N–H and O–H groups in total. The lowest BCUT2D eigenvalue weighted by molar-refractivity contribution is 0.0489. The molecule has 0 amide bonds. The molecule has 0 saturated heterocycles. The molecule has 1 aromatic carbocycles. The second-order valence-electron chi connectivity index (χ2n) is 4.28. The molecule has 0 aliphatic rings. The van der Waals surface area contributed by atoms with Crippen molar-refractivity contribution in [3.8, 4) is 5.75 Å². The van der Waals surface area contributed by atoms with Crippen LogP contribution in [-0.2, 0) is 4.74 Å². The highest BCUT2D eigenvalue weighted by Gasteiger charge is 2.19. The third-order valence-corrected chi connectivity index (χ3v) is 3.66. The van der Waals surface area contributed by atoms with Gasteiger partial charge in [-0.3, -0.25) is 0 Å². The molecule has 0 fully saturated rings. The molecule has 0 saturated carbocycles. The number of pyridine rings is 1. The Hall–Kier alpha value is -1.33. The van der Waals surface area contributed by atoms with Gasteiger partial charge < -0.3 is 9.84 Å². The van der Waals surface area contributed by atoms with Crippen molar-refractivity contribution in [2.45, 2.75) is 19.8 Å². The number of hydrogen-bond donors (Lipinski definition) is 1. The molecule has 0 aliphatic carbocycles. The zero-order valence-corrected chi connectivity index (χ0v) is 13.2. The van der Waals surface area contributed by atoms with Crippen LogP contribution in [-0.4, -0.2) is 22.7 Å². The summed E-state index contributed by atoms with van der Waals surface area (Å²) in [6.07, 6.45) is 1.69. The van der Waals surface area contributed by atoms with Crippen LogP contribution in [0.3, 0.4) is 0 Å². The lowest BCUT2D eigenvalue weighted by atomic mass is 10.1. The molecular formula is C14H13BrClNO3. The van der Waals surface area contributed by atoms with Gasteiger partial charge in [0, 0.05) is 15.8 Å². The zero-order chi connectivity index (χ0) is 14.7. The smallest absolute Gasteiger partial charge is 0.360 e. The van der Waals surface area contributed by atoms with E-state index in [9.17, 15) is 9.90 Å². The Labute approximate surface area is 129 Å². The third-order valence-electron chi connectivity index (χ3n) is 2.82. The van der Waals surface area contributed by atoms with Crippen LogP contribution in [0, 0.1) is 0 Å². The minimum atomic E-state index is -0.640. The number of ether oxygens (including phenoxy) is 1. The fourth-order valence-electron chi connectivity index (χ4n) is 1.75. The number of aromatic nitrogens is 1. The summed E-state index contributed by atoms with van der Waals surface area (Å²) in [4.78, 5) is 16.0. The number of unbranched alkanes of at least 4 members (excludes halogenated alkanes) is 1. The maximum absolute atomic E-state index is 11.9. The van der Waals surface area contributed by atoms with Gasteiger partial charge in [0.2, 0.25) is 0 Å². The number of carbonyl (C=O) groups excluding carboxylic acids is 1. The Kier molecular flexibility index (Phi) is 4.83. The van der Waals surface area contributed by atoms with E-state index in [0.29, 0.717) is 27.0 Å². The molecule has 0 spiro atoms. The maximum atomic E-state index is 11.9. The number of aromatic hydroxyl groups is 1.